The molecular weight excluding hydrogens is 746 g/mol. The van der Waals surface area contributed by atoms with Crippen molar-refractivity contribution in [2.24, 2.45) is 0 Å². The standard InChI is InChI=1S/C44H30N4O6.Zn/c49-32-9-4-10-33(50)42(32)39-26-17-15-24(45-26)38(23-7-2-1-3-8-23)25-16-18-27(46-25)40(43-34(51)11-5-12-35(43)52)29-20-22-31(48-29)41(30-21-19-28(39)47-30)44-36(53)13-6-14-37(44)54;/h1-22,45-51,53H;/q;+2/b38-24-,39-26+,43-40-,44-41+;. The number of rotatable bonds is 2. The molecule has 3 aliphatic rings. The summed E-state index contributed by atoms with van der Waals surface area (Å²) >= 11 is 0. The number of fused-ring (bicyclic) bond motifs is 8. The largest absolute Gasteiger partial charge is 2.00 e. The average Bonchev–Trinajstić information content (AvgIpc) is 3.99. The summed E-state index contributed by atoms with van der Waals surface area (Å²) in [7, 11) is 0. The van der Waals surface area contributed by atoms with Crippen LogP contribution in [0.15, 0.2) is 156 Å². The molecular formula is C44H30N4O6Zn+2. The van der Waals surface area contributed by atoms with Crippen LogP contribution in [0.2, 0.25) is 0 Å². The zero-order valence-electron chi connectivity index (χ0n) is 29.0. The summed E-state index contributed by atoms with van der Waals surface area (Å²) in [6, 6.07) is 28.8. The molecule has 2 aliphatic carbocycles. The third kappa shape index (κ3) is 5.87. The minimum absolute atomic E-state index is 0. The molecule has 10 nitrogen and oxygen atoms in total. The maximum Gasteiger partial charge on any atom is 2.00 e. The molecule has 9 rings (SSSR count). The SMILES string of the molecule is O=C1C=CC=C(O)/C1=C1/c2ccc([nH]2)/C(c2c(O)cccc2O)=c2/cc/c([nH]2)=C(\c2ccccc2)c2ccc([nH]2)/C(=C2/C(=O)C=CC=C2O)c2ccc1[nH]2.[Zn+2]. The molecule has 8 bridgehead atoms. The third-order valence-corrected chi connectivity index (χ3v) is 9.74. The molecule has 6 aromatic rings. The van der Waals surface area contributed by atoms with Gasteiger partial charge in [-0.25, -0.2) is 0 Å². The van der Waals surface area contributed by atoms with E-state index in [4.69, 9.17) is 0 Å². The van der Waals surface area contributed by atoms with Crippen molar-refractivity contribution < 1.29 is 49.5 Å². The van der Waals surface area contributed by atoms with Crippen molar-refractivity contribution in [2.75, 3.05) is 0 Å². The Bertz CT molecular complexity index is 2890. The average molecular weight is 776 g/mol. The first kappa shape index (κ1) is 35.0. The zero-order chi connectivity index (χ0) is 37.1. The first-order valence-electron chi connectivity index (χ1n) is 17.1. The second-order valence-corrected chi connectivity index (χ2v) is 13.0. The van der Waals surface area contributed by atoms with Crippen molar-refractivity contribution in [1.82, 2.24) is 19.9 Å². The van der Waals surface area contributed by atoms with Gasteiger partial charge in [0.2, 0.25) is 0 Å². The van der Waals surface area contributed by atoms with E-state index in [0.717, 1.165) is 11.1 Å². The van der Waals surface area contributed by atoms with Gasteiger partial charge in [-0.3, -0.25) is 9.59 Å². The van der Waals surface area contributed by atoms with Crippen LogP contribution in [-0.4, -0.2) is 51.9 Å². The molecule has 2 aromatic carbocycles. The number of phenols is 2. The number of aliphatic hydroxyl groups is 2. The van der Waals surface area contributed by atoms with Crippen molar-refractivity contribution in [2.45, 2.75) is 0 Å². The third-order valence-electron chi connectivity index (χ3n) is 9.74. The number of ketones is 2. The molecule has 11 heteroatoms. The van der Waals surface area contributed by atoms with Crippen molar-refractivity contribution in [1.29, 1.82) is 0 Å². The molecule has 55 heavy (non-hydrogen) atoms. The van der Waals surface area contributed by atoms with Crippen molar-refractivity contribution in [3.63, 3.8) is 0 Å². The molecule has 1 aliphatic heterocycles. The van der Waals surface area contributed by atoms with Gasteiger partial charge in [0.05, 0.1) is 16.7 Å². The number of benzene rings is 2. The van der Waals surface area contributed by atoms with Crippen LogP contribution in [0.1, 0.15) is 45.3 Å². The van der Waals surface area contributed by atoms with Gasteiger partial charge in [-0.2, -0.15) is 0 Å². The van der Waals surface area contributed by atoms with E-state index in [1.807, 2.05) is 54.6 Å². The van der Waals surface area contributed by atoms with Gasteiger partial charge < -0.3 is 40.4 Å². The van der Waals surface area contributed by atoms with E-state index in [1.54, 1.807) is 30.3 Å². The molecule has 8 N–H and O–H groups in total. The van der Waals surface area contributed by atoms with Gasteiger partial charge in [0.25, 0.3) is 0 Å². The number of phenolic OH excluding ortho intramolecular Hbond substituents is 2. The Labute approximate surface area is 325 Å². The molecule has 0 atom stereocenters. The summed E-state index contributed by atoms with van der Waals surface area (Å²) in [5.74, 6) is -1.60. The second-order valence-electron chi connectivity index (χ2n) is 13.0. The van der Waals surface area contributed by atoms with Gasteiger partial charge >= 0.3 is 19.5 Å². The topological polar surface area (TPSA) is 178 Å². The number of aromatic amines is 4. The Hall–Kier alpha value is -7.10. The second kappa shape index (κ2) is 13.7. The predicted molar refractivity (Wildman–Crippen MR) is 204 cm³/mol. The zero-order valence-corrected chi connectivity index (χ0v) is 32.0. The molecule has 0 saturated carbocycles. The minimum Gasteiger partial charge on any atom is -0.507 e. The Kier molecular flexibility index (Phi) is 8.71. The summed E-state index contributed by atoms with van der Waals surface area (Å²) in [6.45, 7) is 0. The number of H-pyrrole nitrogens is 4. The fourth-order valence-electron chi connectivity index (χ4n) is 7.38. The van der Waals surface area contributed by atoms with E-state index in [9.17, 15) is 30.0 Å². The quantitative estimate of drug-likeness (QED) is 0.0791. The van der Waals surface area contributed by atoms with E-state index >= 15 is 0 Å². The van der Waals surface area contributed by atoms with Crippen molar-refractivity contribution >= 4 is 33.9 Å². The van der Waals surface area contributed by atoms with Crippen LogP contribution < -0.4 is 10.7 Å². The number of hydrogen-bond acceptors (Lipinski definition) is 6. The van der Waals surface area contributed by atoms with Gasteiger partial charge in [0.15, 0.2) is 11.6 Å². The molecule has 0 amide bonds. The molecule has 0 fully saturated rings. The number of nitrogens with one attached hydrogen (secondary N) is 4. The van der Waals surface area contributed by atoms with Crippen LogP contribution >= 0.6 is 0 Å². The fourth-order valence-corrected chi connectivity index (χ4v) is 7.38. The normalized spacial score (nSPS) is 19.9. The summed E-state index contributed by atoms with van der Waals surface area (Å²) in [6.07, 6.45) is 8.59. The van der Waals surface area contributed by atoms with Crippen LogP contribution in [0.4, 0.5) is 0 Å². The first-order chi connectivity index (χ1) is 26.3. The predicted octanol–water partition coefficient (Wildman–Crippen LogP) is 5.98. The van der Waals surface area contributed by atoms with Gasteiger partial charge in [0.1, 0.15) is 23.0 Å². The number of aromatic hydroxyl groups is 2. The Morgan fingerprint density at radius 1 is 0.400 bits per heavy atom. The van der Waals surface area contributed by atoms with Gasteiger partial charge in [-0.15, -0.1) is 0 Å². The summed E-state index contributed by atoms with van der Waals surface area (Å²) < 4.78 is 0. The molecule has 5 heterocycles. The van der Waals surface area contributed by atoms with E-state index in [-0.39, 0.29) is 59.2 Å². The Morgan fingerprint density at radius 3 is 1.27 bits per heavy atom. The van der Waals surface area contributed by atoms with Crippen LogP contribution in [0.25, 0.3) is 22.3 Å². The van der Waals surface area contributed by atoms with E-state index in [2.05, 4.69) is 19.9 Å². The van der Waals surface area contributed by atoms with Gasteiger partial charge in [0, 0.05) is 67.2 Å². The Morgan fingerprint density at radius 2 is 0.818 bits per heavy atom. The fraction of sp³-hybridized carbons (Fsp3) is 0. The number of aromatic nitrogens is 4. The molecule has 4 aromatic heterocycles. The molecule has 0 unspecified atom stereocenters. The van der Waals surface area contributed by atoms with Crippen LogP contribution in [0.5, 0.6) is 11.5 Å². The number of aliphatic hydroxyl groups excluding tert-OH is 2. The van der Waals surface area contributed by atoms with Crippen molar-refractivity contribution in [3.05, 3.63) is 212 Å². The monoisotopic (exact) mass is 774 g/mol. The maximum absolute atomic E-state index is 13.5. The number of carbonyl (C=O) groups excluding carboxylic acids is 2. The molecule has 262 valence electrons. The molecule has 0 saturated heterocycles. The first-order valence-corrected chi connectivity index (χ1v) is 17.1. The summed E-state index contributed by atoms with van der Waals surface area (Å²) in [5.41, 5.74) is 6.07. The number of hydrogen-bond donors (Lipinski definition) is 8. The summed E-state index contributed by atoms with van der Waals surface area (Å²) in [5, 5.41) is 46.0. The Balaban J connectivity index is 0.00000427. The van der Waals surface area contributed by atoms with Crippen molar-refractivity contribution in [3.8, 4) is 11.5 Å². The van der Waals surface area contributed by atoms with E-state index in [1.165, 1.54) is 48.6 Å². The van der Waals surface area contributed by atoms with Crippen LogP contribution in [-0.2, 0) is 29.1 Å². The molecule has 0 radical (unpaired) electrons. The summed E-state index contributed by atoms with van der Waals surface area (Å²) in [4.78, 5) is 40.9. The van der Waals surface area contributed by atoms with Crippen LogP contribution in [0, 0.1) is 0 Å². The maximum atomic E-state index is 13.5. The number of allylic oxidation sites excluding steroid dienone is 8. The van der Waals surface area contributed by atoms with Gasteiger partial charge in [-0.1, -0.05) is 48.6 Å². The smallest absolute Gasteiger partial charge is 0.507 e. The number of carbonyl (C=O) groups is 2. The van der Waals surface area contributed by atoms with E-state index < -0.39 is 11.6 Å². The van der Waals surface area contributed by atoms with Gasteiger partial charge in [-0.05, 0) is 90.5 Å². The molecule has 0 spiro atoms. The minimum atomic E-state index is -0.437. The van der Waals surface area contributed by atoms with Crippen LogP contribution in [0.3, 0.4) is 0 Å². The van der Waals surface area contributed by atoms with E-state index in [0.29, 0.717) is 61.6 Å².